The fourth-order valence-electron chi connectivity index (χ4n) is 1.80. The molecule has 0 bridgehead atoms. The van der Waals surface area contributed by atoms with Gasteiger partial charge in [-0.25, -0.2) is 17.8 Å². The monoisotopic (exact) mass is 376 g/mol. The second kappa shape index (κ2) is 5.66. The molecule has 2 aromatic carbocycles. The average molecular weight is 377 g/mol. The van der Waals surface area contributed by atoms with Gasteiger partial charge in [-0.2, -0.15) is 0 Å². The largest absolute Gasteiger partial charge is 0.265 e. The quantitative estimate of drug-likeness (QED) is 0.729. The summed E-state index contributed by atoms with van der Waals surface area (Å²) in [7, 11) is -3.94. The predicted molar refractivity (Wildman–Crippen MR) is 86.8 cm³/mol. The molecule has 0 aliphatic heterocycles. The molecular weight excluding hydrogens is 370 g/mol. The lowest BCUT2D eigenvalue weighted by Gasteiger charge is -2.07. The van der Waals surface area contributed by atoms with Crippen LogP contribution in [-0.4, -0.2) is 13.4 Å². The van der Waals surface area contributed by atoms with Crippen LogP contribution in [0.15, 0.2) is 41.3 Å². The van der Waals surface area contributed by atoms with Crippen LogP contribution in [0.2, 0.25) is 10.0 Å². The van der Waals surface area contributed by atoms with E-state index in [4.69, 9.17) is 23.2 Å². The van der Waals surface area contributed by atoms with Gasteiger partial charge in [0.15, 0.2) is 5.13 Å². The number of nitrogens with one attached hydrogen (secondary N) is 1. The van der Waals surface area contributed by atoms with Crippen LogP contribution >= 0.6 is 34.5 Å². The average Bonchev–Trinajstić information content (AvgIpc) is 2.81. The molecule has 0 unspecified atom stereocenters. The number of anilines is 1. The van der Waals surface area contributed by atoms with Gasteiger partial charge in [0.1, 0.15) is 10.7 Å². The topological polar surface area (TPSA) is 59.1 Å². The van der Waals surface area contributed by atoms with Crippen LogP contribution in [0.4, 0.5) is 9.52 Å². The summed E-state index contributed by atoms with van der Waals surface area (Å²) in [4.78, 5) is 3.96. The molecule has 1 aromatic heterocycles. The summed E-state index contributed by atoms with van der Waals surface area (Å²) in [6.07, 6.45) is 0. The molecule has 9 heteroatoms. The van der Waals surface area contributed by atoms with Crippen LogP contribution in [0.25, 0.3) is 10.2 Å². The van der Waals surface area contributed by atoms with E-state index in [0.29, 0.717) is 10.2 Å². The molecule has 0 aliphatic carbocycles. The lowest BCUT2D eigenvalue weighted by atomic mass is 10.3. The first-order valence-corrected chi connectivity index (χ1v) is 8.95. The molecule has 3 aromatic rings. The van der Waals surface area contributed by atoms with Gasteiger partial charge in [0.25, 0.3) is 10.0 Å². The number of rotatable bonds is 3. The molecule has 0 saturated carbocycles. The highest BCUT2D eigenvalue weighted by Crippen LogP contribution is 2.30. The van der Waals surface area contributed by atoms with Crippen molar-refractivity contribution >= 4 is 59.9 Å². The summed E-state index contributed by atoms with van der Waals surface area (Å²) in [6.45, 7) is 0. The predicted octanol–water partition coefficient (Wildman–Crippen LogP) is 4.54. The molecule has 0 fully saturated rings. The molecule has 1 heterocycles. The third-order valence-corrected chi connectivity index (χ3v) is 5.87. The minimum Gasteiger partial charge on any atom is -0.255 e. The van der Waals surface area contributed by atoms with Crippen molar-refractivity contribution in [2.75, 3.05) is 4.72 Å². The maximum atomic E-state index is 13.2. The van der Waals surface area contributed by atoms with Crippen LogP contribution < -0.4 is 4.72 Å². The summed E-state index contributed by atoms with van der Waals surface area (Å²) in [5.41, 5.74) is 0.501. The smallest absolute Gasteiger partial charge is 0.255 e. The Bertz CT molecular complexity index is 973. The van der Waals surface area contributed by atoms with Gasteiger partial charge in [0.05, 0.1) is 15.2 Å². The van der Waals surface area contributed by atoms with Crippen molar-refractivity contribution < 1.29 is 12.8 Å². The van der Waals surface area contributed by atoms with Crippen molar-refractivity contribution in [3.63, 3.8) is 0 Å². The van der Waals surface area contributed by atoms with E-state index in [1.165, 1.54) is 36.4 Å². The molecule has 4 nitrogen and oxygen atoms in total. The van der Waals surface area contributed by atoms with E-state index in [1.807, 2.05) is 0 Å². The van der Waals surface area contributed by atoms with Gasteiger partial charge < -0.3 is 0 Å². The van der Waals surface area contributed by atoms with E-state index in [-0.39, 0.29) is 20.1 Å². The summed E-state index contributed by atoms with van der Waals surface area (Å²) >= 11 is 12.7. The maximum Gasteiger partial charge on any atom is 0.265 e. The number of hydrogen-bond acceptors (Lipinski definition) is 4. The molecule has 0 amide bonds. The zero-order valence-corrected chi connectivity index (χ0v) is 13.8. The fourth-order valence-corrected chi connectivity index (χ4v) is 4.68. The summed E-state index contributed by atoms with van der Waals surface area (Å²) < 4.78 is 40.7. The molecule has 22 heavy (non-hydrogen) atoms. The summed E-state index contributed by atoms with van der Waals surface area (Å²) in [5.74, 6) is -0.413. The SMILES string of the molecule is O=S(=O)(Nc1nc2ccc(F)cc2s1)c1cc(Cl)ccc1Cl. The molecule has 114 valence electrons. The Morgan fingerprint density at radius 1 is 1.14 bits per heavy atom. The Hall–Kier alpha value is -1.41. The van der Waals surface area contributed by atoms with Crippen molar-refractivity contribution in [2.45, 2.75) is 4.90 Å². The van der Waals surface area contributed by atoms with Gasteiger partial charge in [-0.1, -0.05) is 34.5 Å². The van der Waals surface area contributed by atoms with E-state index >= 15 is 0 Å². The number of hydrogen-bond donors (Lipinski definition) is 1. The number of fused-ring (bicyclic) bond motifs is 1. The second-order valence-corrected chi connectivity index (χ2v) is 7.84. The highest BCUT2D eigenvalue weighted by Gasteiger charge is 2.20. The number of thiazole rings is 1. The van der Waals surface area contributed by atoms with Crippen molar-refractivity contribution in [1.82, 2.24) is 4.98 Å². The van der Waals surface area contributed by atoms with Gasteiger partial charge in [0.2, 0.25) is 0 Å². The summed E-state index contributed by atoms with van der Waals surface area (Å²) in [5, 5.41) is 0.414. The van der Waals surface area contributed by atoms with E-state index in [1.54, 1.807) is 0 Å². The molecule has 0 atom stereocenters. The lowest BCUT2D eigenvalue weighted by Crippen LogP contribution is -2.13. The van der Waals surface area contributed by atoms with Crippen LogP contribution in [0.5, 0.6) is 0 Å². The molecule has 3 rings (SSSR count). The van der Waals surface area contributed by atoms with Crippen LogP contribution in [0.3, 0.4) is 0 Å². The highest BCUT2D eigenvalue weighted by molar-refractivity contribution is 7.93. The standard InChI is InChI=1S/C13H7Cl2FN2O2S2/c14-7-1-3-9(15)12(5-7)22(19,20)18-13-17-10-4-2-8(16)6-11(10)21-13/h1-6H,(H,17,18). The van der Waals surface area contributed by atoms with Gasteiger partial charge in [-0.05, 0) is 36.4 Å². The Balaban J connectivity index is 2.00. The Morgan fingerprint density at radius 2 is 1.91 bits per heavy atom. The zero-order valence-electron chi connectivity index (χ0n) is 10.7. The highest BCUT2D eigenvalue weighted by atomic mass is 35.5. The van der Waals surface area contributed by atoms with Crippen molar-refractivity contribution in [3.05, 3.63) is 52.3 Å². The van der Waals surface area contributed by atoms with Gasteiger partial charge >= 0.3 is 0 Å². The molecule has 1 N–H and O–H groups in total. The lowest BCUT2D eigenvalue weighted by molar-refractivity contribution is 0.601. The van der Waals surface area contributed by atoms with Crippen LogP contribution in [0, 0.1) is 5.82 Å². The fraction of sp³-hybridized carbons (Fsp3) is 0. The number of aromatic nitrogens is 1. The van der Waals surface area contributed by atoms with E-state index in [0.717, 1.165) is 11.3 Å². The number of benzene rings is 2. The number of sulfonamides is 1. The molecular formula is C13H7Cl2FN2O2S2. The first-order chi connectivity index (χ1) is 10.3. The van der Waals surface area contributed by atoms with Crippen molar-refractivity contribution in [1.29, 1.82) is 0 Å². The molecule has 0 radical (unpaired) electrons. The Labute approximate surface area is 139 Å². The Kier molecular flexibility index (Phi) is 3.98. The van der Waals surface area contributed by atoms with Gasteiger partial charge in [-0.3, -0.25) is 4.72 Å². The summed E-state index contributed by atoms with van der Waals surface area (Å²) in [6, 6.07) is 8.16. The van der Waals surface area contributed by atoms with E-state index < -0.39 is 15.8 Å². The molecule has 0 saturated heterocycles. The number of halogens is 3. The molecule has 0 spiro atoms. The minimum atomic E-state index is -3.94. The minimum absolute atomic E-state index is 0.0454. The van der Waals surface area contributed by atoms with E-state index in [2.05, 4.69) is 9.71 Å². The third-order valence-electron chi connectivity index (χ3n) is 2.75. The van der Waals surface area contributed by atoms with Crippen molar-refractivity contribution in [3.8, 4) is 0 Å². The number of nitrogens with zero attached hydrogens (tertiary/aromatic N) is 1. The first kappa shape index (κ1) is 15.5. The second-order valence-electron chi connectivity index (χ2n) is 4.31. The first-order valence-electron chi connectivity index (χ1n) is 5.89. The van der Waals surface area contributed by atoms with Crippen LogP contribution in [0.1, 0.15) is 0 Å². The van der Waals surface area contributed by atoms with Gasteiger partial charge in [0, 0.05) is 5.02 Å². The maximum absolute atomic E-state index is 13.2. The molecule has 0 aliphatic rings. The van der Waals surface area contributed by atoms with Crippen LogP contribution in [-0.2, 0) is 10.0 Å². The van der Waals surface area contributed by atoms with Crippen molar-refractivity contribution in [2.24, 2.45) is 0 Å². The van der Waals surface area contributed by atoms with Gasteiger partial charge in [-0.15, -0.1) is 0 Å². The normalized spacial score (nSPS) is 11.8. The third kappa shape index (κ3) is 3.03. The van der Waals surface area contributed by atoms with E-state index in [9.17, 15) is 12.8 Å². The zero-order chi connectivity index (χ0) is 15.9. The Morgan fingerprint density at radius 3 is 2.68 bits per heavy atom.